The molecule has 0 radical (unpaired) electrons. The van der Waals surface area contributed by atoms with Crippen molar-refractivity contribution in [2.24, 2.45) is 5.73 Å². The SMILES string of the molecule is NC(=O)C1CCCN1C(=O)c1ccc(Br)c(C(F)(F)F)c1. The molecule has 1 aliphatic heterocycles. The number of nitrogens with zero attached hydrogens (tertiary/aromatic N) is 1. The Kier molecular flexibility index (Phi) is 4.27. The van der Waals surface area contributed by atoms with Crippen LogP contribution in [0, 0.1) is 0 Å². The minimum Gasteiger partial charge on any atom is -0.368 e. The first kappa shape index (κ1) is 15.8. The number of halogens is 4. The van der Waals surface area contributed by atoms with Gasteiger partial charge in [-0.15, -0.1) is 0 Å². The van der Waals surface area contributed by atoms with Crippen LogP contribution in [0.2, 0.25) is 0 Å². The molecule has 1 aromatic carbocycles. The number of amides is 2. The number of hydrogen-bond donors (Lipinski definition) is 1. The highest BCUT2D eigenvalue weighted by molar-refractivity contribution is 9.10. The van der Waals surface area contributed by atoms with Gasteiger partial charge in [-0.3, -0.25) is 9.59 Å². The summed E-state index contributed by atoms with van der Waals surface area (Å²) in [7, 11) is 0. The minimum absolute atomic E-state index is 0.112. The fourth-order valence-electron chi connectivity index (χ4n) is 2.35. The number of alkyl halides is 3. The monoisotopic (exact) mass is 364 g/mol. The van der Waals surface area contributed by atoms with Gasteiger partial charge in [0.25, 0.3) is 5.91 Å². The van der Waals surface area contributed by atoms with Crippen LogP contribution < -0.4 is 5.73 Å². The van der Waals surface area contributed by atoms with Gasteiger partial charge in [-0.2, -0.15) is 13.2 Å². The molecule has 2 N–H and O–H groups in total. The van der Waals surface area contributed by atoms with Gasteiger partial charge in [-0.05, 0) is 31.0 Å². The van der Waals surface area contributed by atoms with Gasteiger partial charge in [0, 0.05) is 16.6 Å². The second-order valence-corrected chi connectivity index (χ2v) is 5.61. The zero-order valence-electron chi connectivity index (χ0n) is 10.8. The van der Waals surface area contributed by atoms with Gasteiger partial charge in [0.1, 0.15) is 6.04 Å². The summed E-state index contributed by atoms with van der Waals surface area (Å²) < 4.78 is 38.4. The molecule has 1 heterocycles. The van der Waals surface area contributed by atoms with E-state index in [2.05, 4.69) is 15.9 Å². The summed E-state index contributed by atoms with van der Waals surface area (Å²) in [6.07, 6.45) is -3.53. The number of primary amides is 1. The summed E-state index contributed by atoms with van der Waals surface area (Å²) >= 11 is 2.81. The molecule has 1 unspecified atom stereocenters. The number of benzene rings is 1. The first-order chi connectivity index (χ1) is 9.71. The zero-order valence-corrected chi connectivity index (χ0v) is 12.4. The van der Waals surface area contributed by atoms with Gasteiger partial charge in [-0.1, -0.05) is 15.9 Å². The van der Waals surface area contributed by atoms with Crippen molar-refractivity contribution in [3.8, 4) is 0 Å². The molecule has 0 aliphatic carbocycles. The Balaban J connectivity index is 2.34. The van der Waals surface area contributed by atoms with Crippen LogP contribution in [0.5, 0.6) is 0 Å². The molecule has 114 valence electrons. The predicted molar refractivity (Wildman–Crippen MR) is 72.4 cm³/mol. The first-order valence-corrected chi connectivity index (χ1v) is 6.98. The molecular weight excluding hydrogens is 353 g/mol. The smallest absolute Gasteiger partial charge is 0.368 e. The summed E-state index contributed by atoms with van der Waals surface area (Å²) in [6.45, 7) is 0.309. The third-order valence-electron chi connectivity index (χ3n) is 3.36. The second-order valence-electron chi connectivity index (χ2n) is 4.75. The van der Waals surface area contributed by atoms with E-state index in [4.69, 9.17) is 5.73 Å². The minimum atomic E-state index is -4.57. The molecule has 21 heavy (non-hydrogen) atoms. The number of nitrogens with two attached hydrogens (primary N) is 1. The Bertz CT molecular complexity index is 589. The van der Waals surface area contributed by atoms with Crippen LogP contribution in [0.1, 0.15) is 28.8 Å². The van der Waals surface area contributed by atoms with E-state index >= 15 is 0 Å². The Morgan fingerprint density at radius 2 is 2.00 bits per heavy atom. The highest BCUT2D eigenvalue weighted by Crippen LogP contribution is 2.35. The van der Waals surface area contributed by atoms with Crippen molar-refractivity contribution in [3.63, 3.8) is 0 Å². The highest BCUT2D eigenvalue weighted by atomic mass is 79.9. The molecule has 0 aromatic heterocycles. The number of rotatable bonds is 2. The molecule has 1 aromatic rings. The maximum absolute atomic E-state index is 12.8. The topological polar surface area (TPSA) is 63.4 Å². The molecule has 8 heteroatoms. The summed E-state index contributed by atoms with van der Waals surface area (Å²) in [5, 5.41) is 0. The van der Waals surface area contributed by atoms with Gasteiger partial charge in [0.15, 0.2) is 0 Å². The van der Waals surface area contributed by atoms with Crippen LogP contribution in [0.4, 0.5) is 13.2 Å². The Hall–Kier alpha value is -1.57. The lowest BCUT2D eigenvalue weighted by molar-refractivity contribution is -0.138. The molecule has 0 spiro atoms. The second kappa shape index (κ2) is 5.67. The van der Waals surface area contributed by atoms with Gasteiger partial charge in [0.05, 0.1) is 5.56 Å². The molecule has 0 bridgehead atoms. The first-order valence-electron chi connectivity index (χ1n) is 6.19. The third-order valence-corrected chi connectivity index (χ3v) is 4.05. The van der Waals surface area contributed by atoms with E-state index in [9.17, 15) is 22.8 Å². The Morgan fingerprint density at radius 3 is 2.57 bits per heavy atom. The maximum atomic E-state index is 12.8. The number of likely N-dealkylation sites (tertiary alicyclic amines) is 1. The van der Waals surface area contributed by atoms with E-state index in [1.165, 1.54) is 17.0 Å². The van der Waals surface area contributed by atoms with Gasteiger partial charge < -0.3 is 10.6 Å². The average molecular weight is 365 g/mol. The van der Waals surface area contributed by atoms with Crippen LogP contribution in [0.15, 0.2) is 22.7 Å². The van der Waals surface area contributed by atoms with E-state index in [1.807, 2.05) is 0 Å². The van der Waals surface area contributed by atoms with Crippen molar-refractivity contribution < 1.29 is 22.8 Å². The predicted octanol–water partition coefficient (Wildman–Crippen LogP) is 2.56. The highest BCUT2D eigenvalue weighted by Gasteiger charge is 2.36. The van der Waals surface area contributed by atoms with Crippen molar-refractivity contribution in [3.05, 3.63) is 33.8 Å². The van der Waals surface area contributed by atoms with E-state index < -0.39 is 29.6 Å². The van der Waals surface area contributed by atoms with Crippen LogP contribution >= 0.6 is 15.9 Å². The molecule has 2 amide bonds. The number of hydrogen-bond acceptors (Lipinski definition) is 2. The van der Waals surface area contributed by atoms with Crippen molar-refractivity contribution in [1.82, 2.24) is 4.90 Å². The van der Waals surface area contributed by atoms with Crippen molar-refractivity contribution >= 4 is 27.7 Å². The van der Waals surface area contributed by atoms with E-state index in [1.54, 1.807) is 0 Å². The third kappa shape index (κ3) is 3.20. The van der Waals surface area contributed by atoms with E-state index in [0.29, 0.717) is 19.4 Å². The normalized spacial score (nSPS) is 18.9. The molecule has 1 atom stereocenters. The van der Waals surface area contributed by atoms with Crippen LogP contribution in [0.3, 0.4) is 0 Å². The standard InChI is InChI=1S/C13H12BrF3N2O2/c14-9-4-3-7(6-8(9)13(15,16)17)12(21)19-5-1-2-10(19)11(18)20/h3-4,6,10H,1-2,5H2,(H2,18,20). The average Bonchev–Trinajstić information content (AvgIpc) is 2.86. The van der Waals surface area contributed by atoms with Gasteiger partial charge in [-0.25, -0.2) is 0 Å². The summed E-state index contributed by atoms with van der Waals surface area (Å²) in [4.78, 5) is 24.8. The molecule has 1 aliphatic rings. The summed E-state index contributed by atoms with van der Waals surface area (Å²) in [6, 6.07) is 2.49. The van der Waals surface area contributed by atoms with Gasteiger partial charge in [0.2, 0.25) is 5.91 Å². The van der Waals surface area contributed by atoms with Crippen molar-refractivity contribution in [2.45, 2.75) is 25.1 Å². The van der Waals surface area contributed by atoms with Crippen LogP contribution in [-0.2, 0) is 11.0 Å². The summed E-state index contributed by atoms with van der Waals surface area (Å²) in [5.41, 5.74) is 4.17. The molecule has 4 nitrogen and oxygen atoms in total. The quantitative estimate of drug-likeness (QED) is 0.876. The van der Waals surface area contributed by atoms with E-state index in [-0.39, 0.29) is 10.0 Å². The lowest BCUT2D eigenvalue weighted by Crippen LogP contribution is -2.43. The van der Waals surface area contributed by atoms with Crippen molar-refractivity contribution in [1.29, 1.82) is 0 Å². The molecule has 1 saturated heterocycles. The largest absolute Gasteiger partial charge is 0.417 e. The lowest BCUT2D eigenvalue weighted by Gasteiger charge is -2.22. The Morgan fingerprint density at radius 1 is 1.33 bits per heavy atom. The fourth-order valence-corrected chi connectivity index (χ4v) is 2.82. The fraction of sp³-hybridized carbons (Fsp3) is 0.385. The van der Waals surface area contributed by atoms with Crippen LogP contribution in [-0.4, -0.2) is 29.3 Å². The molecule has 1 fully saturated rings. The van der Waals surface area contributed by atoms with Crippen molar-refractivity contribution in [2.75, 3.05) is 6.54 Å². The summed E-state index contributed by atoms with van der Waals surface area (Å²) in [5.74, 6) is -1.26. The van der Waals surface area contributed by atoms with E-state index in [0.717, 1.165) is 6.07 Å². The maximum Gasteiger partial charge on any atom is 0.417 e. The molecule has 0 saturated carbocycles. The molecular formula is C13H12BrF3N2O2. The zero-order chi connectivity index (χ0) is 15.8. The number of carbonyl (C=O) groups excluding carboxylic acids is 2. The van der Waals surface area contributed by atoms with Crippen LogP contribution in [0.25, 0.3) is 0 Å². The number of carbonyl (C=O) groups is 2. The van der Waals surface area contributed by atoms with Gasteiger partial charge >= 0.3 is 6.18 Å². The lowest BCUT2D eigenvalue weighted by atomic mass is 10.1. The Labute approximate surface area is 127 Å². The molecule has 2 rings (SSSR count).